The van der Waals surface area contributed by atoms with Crippen molar-refractivity contribution in [3.8, 4) is 5.69 Å². The molecule has 0 aliphatic rings. The van der Waals surface area contributed by atoms with Crippen LogP contribution in [0.25, 0.3) is 5.69 Å². The van der Waals surface area contributed by atoms with Crippen LogP contribution in [0.3, 0.4) is 0 Å². The van der Waals surface area contributed by atoms with Gasteiger partial charge in [-0.25, -0.2) is 18.4 Å². The Morgan fingerprint density at radius 1 is 1.06 bits per heavy atom. The van der Waals surface area contributed by atoms with Crippen molar-refractivity contribution in [2.45, 2.75) is 33.2 Å². The van der Waals surface area contributed by atoms with Crippen molar-refractivity contribution in [3.63, 3.8) is 0 Å². The number of nitrogens with zero attached hydrogens (tertiary/aromatic N) is 4. The van der Waals surface area contributed by atoms with E-state index in [0.717, 1.165) is 28.6 Å². The summed E-state index contributed by atoms with van der Waals surface area (Å²) in [4.78, 5) is 17.4. The molecular formula is C24H21ClF2N4O. The molecule has 0 saturated carbocycles. The molecule has 0 aliphatic heterocycles. The van der Waals surface area contributed by atoms with Crippen molar-refractivity contribution in [3.05, 3.63) is 110 Å². The van der Waals surface area contributed by atoms with Gasteiger partial charge in [0, 0.05) is 29.9 Å². The molecule has 0 amide bonds. The van der Waals surface area contributed by atoms with E-state index in [2.05, 4.69) is 10.1 Å². The molecule has 5 nitrogen and oxygen atoms in total. The van der Waals surface area contributed by atoms with Crippen molar-refractivity contribution < 1.29 is 8.78 Å². The van der Waals surface area contributed by atoms with Crippen LogP contribution in [0, 0.1) is 25.5 Å². The van der Waals surface area contributed by atoms with E-state index >= 15 is 0 Å². The van der Waals surface area contributed by atoms with E-state index in [1.165, 1.54) is 22.9 Å². The van der Waals surface area contributed by atoms with Crippen molar-refractivity contribution >= 4 is 11.6 Å². The van der Waals surface area contributed by atoms with E-state index in [1.54, 1.807) is 13.3 Å². The summed E-state index contributed by atoms with van der Waals surface area (Å²) >= 11 is 6.19. The lowest BCUT2D eigenvalue weighted by atomic mass is 10.0. The van der Waals surface area contributed by atoms with Gasteiger partial charge in [0.05, 0.1) is 18.1 Å². The number of benzene rings is 2. The topological polar surface area (TPSA) is 52.7 Å². The summed E-state index contributed by atoms with van der Waals surface area (Å²) in [5.74, 6) is -1.43. The number of rotatable bonds is 5. The van der Waals surface area contributed by atoms with Crippen molar-refractivity contribution in [2.24, 2.45) is 0 Å². The lowest BCUT2D eigenvalue weighted by Crippen LogP contribution is -2.29. The lowest BCUT2D eigenvalue weighted by molar-refractivity contribution is 0.514. The number of hydrogen-bond donors (Lipinski definition) is 0. The summed E-state index contributed by atoms with van der Waals surface area (Å²) in [6.07, 6.45) is 4.05. The number of halogens is 3. The van der Waals surface area contributed by atoms with E-state index in [9.17, 15) is 13.6 Å². The van der Waals surface area contributed by atoms with Gasteiger partial charge in [0.1, 0.15) is 16.8 Å². The quantitative estimate of drug-likeness (QED) is 0.417. The molecule has 8 heteroatoms. The number of aryl methyl sites for hydroxylation is 2. The summed E-state index contributed by atoms with van der Waals surface area (Å²) in [7, 11) is 0. The smallest absolute Gasteiger partial charge is 0.270 e. The summed E-state index contributed by atoms with van der Waals surface area (Å²) < 4.78 is 30.4. The Bertz CT molecular complexity index is 1340. The second-order valence-corrected chi connectivity index (χ2v) is 8.23. The first-order valence-electron chi connectivity index (χ1n) is 10.1. The molecule has 1 atom stereocenters. The molecule has 0 bridgehead atoms. The van der Waals surface area contributed by atoms with Gasteiger partial charge in [0.25, 0.3) is 5.56 Å². The molecule has 4 aromatic rings. The highest BCUT2D eigenvalue weighted by molar-refractivity contribution is 6.29. The minimum absolute atomic E-state index is 0.130. The molecular weight excluding hydrogens is 434 g/mol. The van der Waals surface area contributed by atoms with Gasteiger partial charge >= 0.3 is 0 Å². The first-order chi connectivity index (χ1) is 15.2. The number of imidazole rings is 1. The van der Waals surface area contributed by atoms with Gasteiger partial charge in [-0.1, -0.05) is 23.7 Å². The summed E-state index contributed by atoms with van der Waals surface area (Å²) in [5, 5.41) is 4.23. The predicted octanol–water partition coefficient (Wildman–Crippen LogP) is 5.18. The minimum Gasteiger partial charge on any atom is -0.306 e. The first kappa shape index (κ1) is 21.9. The highest BCUT2D eigenvalue weighted by atomic mass is 35.5. The second-order valence-electron chi connectivity index (χ2n) is 7.84. The maximum Gasteiger partial charge on any atom is 0.270 e. The van der Waals surface area contributed by atoms with Crippen molar-refractivity contribution in [2.75, 3.05) is 0 Å². The van der Waals surface area contributed by atoms with Gasteiger partial charge in [-0.05, 0) is 61.7 Å². The monoisotopic (exact) mass is 454 g/mol. The second kappa shape index (κ2) is 8.67. The average molecular weight is 455 g/mol. The van der Waals surface area contributed by atoms with Crippen molar-refractivity contribution in [1.82, 2.24) is 19.3 Å². The van der Waals surface area contributed by atoms with E-state index in [-0.39, 0.29) is 10.7 Å². The third-order valence-corrected chi connectivity index (χ3v) is 5.54. The summed E-state index contributed by atoms with van der Waals surface area (Å²) in [6.45, 7) is 5.57. The molecule has 0 saturated heterocycles. The third-order valence-electron chi connectivity index (χ3n) is 5.36. The van der Waals surface area contributed by atoms with Gasteiger partial charge in [-0.2, -0.15) is 5.10 Å². The van der Waals surface area contributed by atoms with E-state index in [4.69, 9.17) is 11.6 Å². The Morgan fingerprint density at radius 2 is 1.78 bits per heavy atom. The molecule has 0 aliphatic carbocycles. The Morgan fingerprint density at radius 3 is 2.41 bits per heavy atom. The van der Waals surface area contributed by atoms with Gasteiger partial charge in [0.15, 0.2) is 0 Å². The molecule has 4 rings (SSSR count). The molecule has 0 unspecified atom stereocenters. The largest absolute Gasteiger partial charge is 0.306 e. The standard InChI is InChI=1S/C24H21ClF2N4O/c1-14-6-17(4-5-22(14)30-12-15(2)28-13-30)7-19-10-23(25)29-31(24(19)32)16(3)18-8-20(26)11-21(27)9-18/h4-6,8-13,16H,7H2,1-3H3/t16-/m0/s1. The van der Waals surface area contributed by atoms with Crippen LogP contribution < -0.4 is 5.56 Å². The van der Waals surface area contributed by atoms with Crippen LogP contribution in [0.5, 0.6) is 0 Å². The van der Waals surface area contributed by atoms with Crippen LogP contribution in [-0.4, -0.2) is 19.3 Å². The zero-order valence-electron chi connectivity index (χ0n) is 17.8. The van der Waals surface area contributed by atoms with E-state index in [0.29, 0.717) is 17.5 Å². The molecule has 32 heavy (non-hydrogen) atoms. The van der Waals surface area contributed by atoms with Crippen LogP contribution in [0.2, 0.25) is 5.15 Å². The maximum absolute atomic E-state index is 13.7. The van der Waals surface area contributed by atoms with Crippen LogP contribution in [-0.2, 0) is 6.42 Å². The zero-order chi connectivity index (χ0) is 23.0. The van der Waals surface area contributed by atoms with Crippen LogP contribution >= 0.6 is 11.6 Å². The molecule has 2 aromatic heterocycles. The average Bonchev–Trinajstić information content (AvgIpc) is 3.15. The van der Waals surface area contributed by atoms with Crippen LogP contribution in [0.4, 0.5) is 8.78 Å². The predicted molar refractivity (Wildman–Crippen MR) is 120 cm³/mol. The highest BCUT2D eigenvalue weighted by Gasteiger charge is 2.17. The lowest BCUT2D eigenvalue weighted by Gasteiger charge is -2.16. The van der Waals surface area contributed by atoms with Gasteiger partial charge in [0.2, 0.25) is 0 Å². The molecule has 0 spiro atoms. The Kier molecular flexibility index (Phi) is 5.93. The van der Waals surface area contributed by atoms with Gasteiger partial charge < -0.3 is 4.57 Å². The number of aromatic nitrogens is 4. The molecule has 2 aromatic carbocycles. The fourth-order valence-electron chi connectivity index (χ4n) is 3.77. The van der Waals surface area contributed by atoms with Gasteiger partial charge in [-0.15, -0.1) is 0 Å². The summed E-state index contributed by atoms with van der Waals surface area (Å²) in [5.41, 5.74) is 4.26. The Hall–Kier alpha value is -3.32. The van der Waals surface area contributed by atoms with Gasteiger partial charge in [-0.3, -0.25) is 4.79 Å². The summed E-state index contributed by atoms with van der Waals surface area (Å²) in [6, 6.07) is 9.92. The van der Waals surface area contributed by atoms with Crippen molar-refractivity contribution in [1.29, 1.82) is 0 Å². The molecule has 0 radical (unpaired) electrons. The fraction of sp³-hybridized carbons (Fsp3) is 0.208. The Labute approximate surface area is 188 Å². The first-order valence-corrected chi connectivity index (χ1v) is 10.4. The SMILES string of the molecule is Cc1cn(-c2ccc(Cc3cc(Cl)nn([C@@H](C)c4cc(F)cc(F)c4)c3=O)cc2C)cn1. The molecule has 164 valence electrons. The van der Waals surface area contributed by atoms with E-state index < -0.39 is 17.7 Å². The zero-order valence-corrected chi connectivity index (χ0v) is 18.6. The fourth-order valence-corrected chi connectivity index (χ4v) is 3.98. The van der Waals surface area contributed by atoms with Crippen LogP contribution in [0.15, 0.2) is 59.8 Å². The normalized spacial score (nSPS) is 12.2. The molecule has 2 heterocycles. The number of hydrogen-bond acceptors (Lipinski definition) is 3. The molecule has 0 N–H and O–H groups in total. The van der Waals surface area contributed by atoms with Crippen LogP contribution in [0.1, 0.15) is 40.9 Å². The Balaban J connectivity index is 1.67. The highest BCUT2D eigenvalue weighted by Crippen LogP contribution is 2.21. The molecule has 0 fully saturated rings. The third kappa shape index (κ3) is 4.48. The minimum atomic E-state index is -0.717. The maximum atomic E-state index is 13.7. The van der Waals surface area contributed by atoms with E-state index in [1.807, 2.05) is 42.8 Å².